The number of rotatable bonds is 5. The van der Waals surface area contributed by atoms with Crippen molar-refractivity contribution in [2.45, 2.75) is 31.6 Å². The van der Waals surface area contributed by atoms with Crippen LogP contribution in [-0.2, 0) is 4.79 Å². The van der Waals surface area contributed by atoms with Crippen LogP contribution in [0.1, 0.15) is 31.0 Å². The number of aliphatic hydroxyl groups excluding tert-OH is 1. The van der Waals surface area contributed by atoms with Gasteiger partial charge in [0.2, 0.25) is 5.91 Å². The van der Waals surface area contributed by atoms with Crippen LogP contribution in [-0.4, -0.2) is 29.3 Å². The van der Waals surface area contributed by atoms with Crippen LogP contribution in [0.25, 0.3) is 0 Å². The van der Waals surface area contributed by atoms with E-state index in [1.807, 2.05) is 79.4 Å². The Morgan fingerprint density at radius 1 is 1.09 bits per heavy atom. The number of para-hydroxylation sites is 2. The van der Waals surface area contributed by atoms with Crippen LogP contribution in [0.5, 0.6) is 5.75 Å². The molecule has 3 aromatic rings. The van der Waals surface area contributed by atoms with E-state index < -0.39 is 17.7 Å². The van der Waals surface area contributed by atoms with Gasteiger partial charge in [-0.25, -0.2) is 0 Å². The highest BCUT2D eigenvalue weighted by Gasteiger charge is 2.46. The Morgan fingerprint density at radius 2 is 1.75 bits per heavy atom. The van der Waals surface area contributed by atoms with Crippen LogP contribution in [0.15, 0.2) is 78.9 Å². The van der Waals surface area contributed by atoms with Crippen LogP contribution < -0.4 is 15.0 Å². The summed E-state index contributed by atoms with van der Waals surface area (Å²) < 4.78 is 6.06. The maximum atomic E-state index is 13.0. The fourth-order valence-corrected chi connectivity index (χ4v) is 4.02. The summed E-state index contributed by atoms with van der Waals surface area (Å²) in [7, 11) is 0. The van der Waals surface area contributed by atoms with E-state index in [1.54, 1.807) is 18.2 Å². The third-order valence-electron chi connectivity index (χ3n) is 5.64. The Morgan fingerprint density at radius 3 is 2.41 bits per heavy atom. The zero-order valence-electron chi connectivity index (χ0n) is 18.0. The molecule has 1 heterocycles. The van der Waals surface area contributed by atoms with Crippen LogP contribution >= 0.6 is 0 Å². The van der Waals surface area contributed by atoms with Crippen molar-refractivity contribution in [3.05, 3.63) is 90.0 Å². The van der Waals surface area contributed by atoms with Crippen molar-refractivity contribution < 1.29 is 14.6 Å². The molecule has 0 radical (unpaired) electrons. The van der Waals surface area contributed by atoms with Crippen molar-refractivity contribution in [1.29, 1.82) is 5.26 Å². The average molecular weight is 428 g/mol. The maximum absolute atomic E-state index is 13.0. The summed E-state index contributed by atoms with van der Waals surface area (Å²) in [5.74, 6) is 0.378. The van der Waals surface area contributed by atoms with E-state index in [0.29, 0.717) is 22.6 Å². The molecule has 1 aliphatic heterocycles. The highest BCUT2D eigenvalue weighted by Crippen LogP contribution is 2.44. The molecule has 6 heteroatoms. The summed E-state index contributed by atoms with van der Waals surface area (Å²) in [6, 6.07) is 25.5. The summed E-state index contributed by atoms with van der Waals surface area (Å²) in [6.07, 6.45) is -0.950. The highest BCUT2D eigenvalue weighted by molar-refractivity contribution is 5.94. The number of benzene rings is 3. The van der Waals surface area contributed by atoms with Crippen molar-refractivity contribution in [2.24, 2.45) is 0 Å². The number of carbonyl (C=O) groups excluding carboxylic acids is 1. The normalized spacial score (nSPS) is 18.6. The fourth-order valence-electron chi connectivity index (χ4n) is 4.02. The van der Waals surface area contributed by atoms with Crippen molar-refractivity contribution in [1.82, 2.24) is 0 Å². The van der Waals surface area contributed by atoms with Gasteiger partial charge in [0.1, 0.15) is 17.5 Å². The first-order valence-corrected chi connectivity index (χ1v) is 10.5. The summed E-state index contributed by atoms with van der Waals surface area (Å²) >= 11 is 0. The Hall–Kier alpha value is -3.82. The molecule has 0 saturated carbocycles. The minimum Gasteiger partial charge on any atom is -0.485 e. The topological polar surface area (TPSA) is 85.6 Å². The van der Waals surface area contributed by atoms with Gasteiger partial charge in [0.05, 0.1) is 24.2 Å². The molecule has 0 bridgehead atoms. The Balaban J connectivity index is 1.76. The molecule has 6 nitrogen and oxygen atoms in total. The molecule has 162 valence electrons. The molecule has 1 amide bonds. The average Bonchev–Trinajstić information content (AvgIpc) is 2.80. The third kappa shape index (κ3) is 4.29. The third-order valence-corrected chi connectivity index (χ3v) is 5.64. The molecule has 2 N–H and O–H groups in total. The van der Waals surface area contributed by atoms with E-state index in [2.05, 4.69) is 11.4 Å². The molecular formula is C26H25N3O3. The number of carbonyl (C=O) groups is 1. The van der Waals surface area contributed by atoms with E-state index in [-0.39, 0.29) is 12.5 Å². The zero-order chi connectivity index (χ0) is 22.7. The second-order valence-electron chi connectivity index (χ2n) is 8.34. The number of aliphatic hydroxyl groups is 1. The molecule has 1 aliphatic rings. The van der Waals surface area contributed by atoms with Crippen molar-refractivity contribution >= 4 is 17.3 Å². The molecule has 0 spiro atoms. The highest BCUT2D eigenvalue weighted by atomic mass is 16.5. The lowest BCUT2D eigenvalue weighted by atomic mass is 9.84. The van der Waals surface area contributed by atoms with Crippen molar-refractivity contribution in [3.63, 3.8) is 0 Å². The number of ether oxygens (including phenoxy) is 1. The summed E-state index contributed by atoms with van der Waals surface area (Å²) in [4.78, 5) is 14.9. The predicted octanol–water partition coefficient (Wildman–Crippen LogP) is 4.28. The molecular weight excluding hydrogens is 402 g/mol. The molecule has 3 aromatic carbocycles. The smallest absolute Gasteiger partial charge is 0.243 e. The van der Waals surface area contributed by atoms with E-state index in [9.17, 15) is 15.2 Å². The number of hydrogen-bond donors (Lipinski definition) is 2. The van der Waals surface area contributed by atoms with Gasteiger partial charge in [-0.2, -0.15) is 5.26 Å². The van der Waals surface area contributed by atoms with Gasteiger partial charge < -0.3 is 20.1 Å². The Kier molecular flexibility index (Phi) is 5.85. The second kappa shape index (κ2) is 8.74. The van der Waals surface area contributed by atoms with Crippen molar-refractivity contribution in [3.8, 4) is 11.8 Å². The van der Waals surface area contributed by atoms with Gasteiger partial charge in [0, 0.05) is 16.9 Å². The van der Waals surface area contributed by atoms with Gasteiger partial charge in [-0.05, 0) is 56.3 Å². The molecule has 32 heavy (non-hydrogen) atoms. The van der Waals surface area contributed by atoms with E-state index in [1.165, 1.54) is 0 Å². The number of hydrogen-bond acceptors (Lipinski definition) is 5. The molecule has 0 aliphatic carbocycles. The number of nitriles is 1. The monoisotopic (exact) mass is 427 g/mol. The quantitative estimate of drug-likeness (QED) is 0.635. The standard InChI is InChI=1S/C26H25N3O3/c1-26(2)25(31)24(21-15-18(16-27)13-14-22(21)32-26)29(20-11-7-4-8-12-20)17-23(30)28-19-9-5-3-6-10-19/h3-15,24-25,31H,17H2,1-2H3,(H,28,30)/t24-,25+/m0/s1. The number of nitrogens with zero attached hydrogens (tertiary/aromatic N) is 2. The number of anilines is 2. The van der Waals surface area contributed by atoms with Gasteiger partial charge in [-0.1, -0.05) is 36.4 Å². The lowest BCUT2D eigenvalue weighted by molar-refractivity contribution is -0.115. The molecule has 0 fully saturated rings. The van der Waals surface area contributed by atoms with Crippen LogP contribution in [0, 0.1) is 11.3 Å². The SMILES string of the molecule is CC1(C)Oc2ccc(C#N)cc2[C@H](N(CC(=O)Nc2ccccc2)c2ccccc2)[C@H]1O. The first-order chi connectivity index (χ1) is 15.4. The minimum absolute atomic E-state index is 0.00688. The maximum Gasteiger partial charge on any atom is 0.243 e. The fraction of sp³-hybridized carbons (Fsp3) is 0.231. The van der Waals surface area contributed by atoms with E-state index in [0.717, 1.165) is 5.69 Å². The summed E-state index contributed by atoms with van der Waals surface area (Å²) in [5, 5.41) is 23.7. The van der Waals surface area contributed by atoms with E-state index >= 15 is 0 Å². The summed E-state index contributed by atoms with van der Waals surface area (Å²) in [6.45, 7) is 3.64. The number of amides is 1. The van der Waals surface area contributed by atoms with Crippen LogP contribution in [0.3, 0.4) is 0 Å². The largest absolute Gasteiger partial charge is 0.485 e. The number of fused-ring (bicyclic) bond motifs is 1. The first-order valence-electron chi connectivity index (χ1n) is 10.5. The molecule has 0 saturated heterocycles. The molecule has 0 aromatic heterocycles. The predicted molar refractivity (Wildman–Crippen MR) is 123 cm³/mol. The molecule has 4 rings (SSSR count). The lowest BCUT2D eigenvalue weighted by Gasteiger charge is -2.47. The van der Waals surface area contributed by atoms with E-state index in [4.69, 9.17) is 4.74 Å². The second-order valence-corrected chi connectivity index (χ2v) is 8.34. The lowest BCUT2D eigenvalue weighted by Crippen LogP contribution is -2.54. The summed E-state index contributed by atoms with van der Waals surface area (Å²) in [5.41, 5.74) is 1.73. The minimum atomic E-state index is -0.950. The van der Waals surface area contributed by atoms with Crippen molar-refractivity contribution in [2.75, 3.05) is 16.8 Å². The van der Waals surface area contributed by atoms with Crippen LogP contribution in [0.4, 0.5) is 11.4 Å². The zero-order valence-corrected chi connectivity index (χ0v) is 18.0. The first kappa shape index (κ1) is 21.4. The number of nitrogens with one attached hydrogen (secondary N) is 1. The van der Waals surface area contributed by atoms with Gasteiger partial charge in [0.25, 0.3) is 0 Å². The molecule has 0 unspecified atom stereocenters. The van der Waals surface area contributed by atoms with Crippen LogP contribution in [0.2, 0.25) is 0 Å². The molecule has 2 atom stereocenters. The van der Waals surface area contributed by atoms with Gasteiger partial charge >= 0.3 is 0 Å². The Bertz CT molecular complexity index is 1140. The van der Waals surface area contributed by atoms with Gasteiger partial charge in [-0.3, -0.25) is 4.79 Å². The van der Waals surface area contributed by atoms with Gasteiger partial charge in [0.15, 0.2) is 0 Å². The Labute approximate surface area is 187 Å². The van der Waals surface area contributed by atoms with Gasteiger partial charge in [-0.15, -0.1) is 0 Å².